The number of anilines is 3. The Labute approximate surface area is 125 Å². The van der Waals surface area contributed by atoms with Gasteiger partial charge in [0.25, 0.3) is 0 Å². The number of hydrogen-bond donors (Lipinski definition) is 2. The molecule has 21 heavy (non-hydrogen) atoms. The number of nitrogens with one attached hydrogen (secondary N) is 1. The van der Waals surface area contributed by atoms with Gasteiger partial charge in [-0.1, -0.05) is 6.07 Å². The number of pyridine rings is 1. The Balaban J connectivity index is 1.70. The van der Waals surface area contributed by atoms with Gasteiger partial charge in [0.15, 0.2) is 11.6 Å². The lowest BCUT2D eigenvalue weighted by atomic mass is 10.3. The van der Waals surface area contributed by atoms with Crippen LogP contribution in [-0.2, 0) is 0 Å². The summed E-state index contributed by atoms with van der Waals surface area (Å²) < 4.78 is 8.55. The maximum Gasteiger partial charge on any atom is 0.407 e. The molecule has 1 aliphatic rings. The second-order valence-electron chi connectivity index (χ2n) is 4.53. The zero-order chi connectivity index (χ0) is 14.7. The van der Waals surface area contributed by atoms with Crippen molar-refractivity contribution in [2.45, 2.75) is 0 Å². The number of nitrogens with zero attached hydrogens (tertiary/aromatic N) is 5. The molecular formula is C12H14N6O2S. The van der Waals surface area contributed by atoms with Crippen molar-refractivity contribution in [2.24, 2.45) is 0 Å². The van der Waals surface area contributed by atoms with Gasteiger partial charge in [0, 0.05) is 32.4 Å². The maximum atomic E-state index is 10.9. The van der Waals surface area contributed by atoms with Crippen LogP contribution in [0.1, 0.15) is 0 Å². The first-order valence-corrected chi connectivity index (χ1v) is 7.20. The molecule has 0 radical (unpaired) electrons. The summed E-state index contributed by atoms with van der Waals surface area (Å²) in [5.41, 5.74) is 0. The summed E-state index contributed by atoms with van der Waals surface area (Å²) in [5.74, 6) is 2.11. The predicted octanol–water partition coefficient (Wildman–Crippen LogP) is 1.48. The molecule has 0 aliphatic carbocycles. The number of carboxylic acid groups (broad SMARTS) is 1. The summed E-state index contributed by atoms with van der Waals surface area (Å²) in [5, 5.41) is 12.1. The van der Waals surface area contributed by atoms with Crippen LogP contribution in [0.4, 0.5) is 22.2 Å². The molecule has 0 unspecified atom stereocenters. The molecule has 110 valence electrons. The molecular weight excluding hydrogens is 292 g/mol. The molecule has 2 aromatic heterocycles. The van der Waals surface area contributed by atoms with Crippen LogP contribution in [0.2, 0.25) is 0 Å². The van der Waals surface area contributed by atoms with E-state index in [1.165, 1.54) is 4.90 Å². The summed E-state index contributed by atoms with van der Waals surface area (Å²) in [6.07, 6.45) is 0.825. The average Bonchev–Trinajstić information content (AvgIpc) is 2.96. The number of amides is 1. The van der Waals surface area contributed by atoms with Gasteiger partial charge in [0.1, 0.15) is 5.82 Å². The van der Waals surface area contributed by atoms with Crippen molar-refractivity contribution in [1.82, 2.24) is 18.6 Å². The van der Waals surface area contributed by atoms with Crippen LogP contribution in [-0.4, -0.2) is 56.0 Å². The zero-order valence-electron chi connectivity index (χ0n) is 11.1. The van der Waals surface area contributed by atoms with Gasteiger partial charge >= 0.3 is 6.09 Å². The molecule has 0 aromatic carbocycles. The van der Waals surface area contributed by atoms with Gasteiger partial charge in [-0.3, -0.25) is 0 Å². The lowest BCUT2D eigenvalue weighted by Crippen LogP contribution is -2.48. The van der Waals surface area contributed by atoms with E-state index in [-0.39, 0.29) is 0 Å². The molecule has 0 saturated carbocycles. The van der Waals surface area contributed by atoms with Crippen molar-refractivity contribution >= 4 is 35.3 Å². The van der Waals surface area contributed by atoms with Gasteiger partial charge in [-0.2, -0.15) is 8.75 Å². The smallest absolute Gasteiger partial charge is 0.407 e. The monoisotopic (exact) mass is 306 g/mol. The van der Waals surface area contributed by atoms with E-state index >= 15 is 0 Å². The van der Waals surface area contributed by atoms with Crippen LogP contribution in [0.25, 0.3) is 0 Å². The largest absolute Gasteiger partial charge is 0.465 e. The van der Waals surface area contributed by atoms with Crippen molar-refractivity contribution in [3.8, 4) is 0 Å². The highest BCUT2D eigenvalue weighted by atomic mass is 32.1. The molecule has 0 bridgehead atoms. The van der Waals surface area contributed by atoms with E-state index in [2.05, 4.69) is 19.0 Å². The number of rotatable bonds is 3. The minimum Gasteiger partial charge on any atom is -0.465 e. The second kappa shape index (κ2) is 5.92. The third-order valence-corrected chi connectivity index (χ3v) is 3.75. The Morgan fingerprint density at radius 1 is 1.24 bits per heavy atom. The maximum absolute atomic E-state index is 10.9. The van der Waals surface area contributed by atoms with Crippen LogP contribution in [0.15, 0.2) is 24.4 Å². The summed E-state index contributed by atoms with van der Waals surface area (Å²) >= 11 is 1.12. The quantitative estimate of drug-likeness (QED) is 0.886. The normalized spacial score (nSPS) is 15.0. The molecule has 1 aliphatic heterocycles. The van der Waals surface area contributed by atoms with Gasteiger partial charge in [0.05, 0.1) is 11.7 Å². The van der Waals surface area contributed by atoms with Crippen molar-refractivity contribution in [3.63, 3.8) is 0 Å². The first kappa shape index (κ1) is 13.6. The molecule has 3 rings (SSSR count). The van der Waals surface area contributed by atoms with E-state index < -0.39 is 6.09 Å². The molecule has 1 saturated heterocycles. The van der Waals surface area contributed by atoms with Crippen molar-refractivity contribution < 1.29 is 9.90 Å². The standard InChI is InChI=1S/C12H14N6O2S/c19-12(20)18-7-5-17(6-8-18)11-10(15-21-16-11)14-9-3-1-2-4-13-9/h1-4H,5-8H2,(H,19,20)(H,13,14,15). The summed E-state index contributed by atoms with van der Waals surface area (Å²) in [7, 11) is 0. The average molecular weight is 306 g/mol. The Morgan fingerprint density at radius 3 is 2.71 bits per heavy atom. The fourth-order valence-corrected chi connectivity index (χ4v) is 2.67. The van der Waals surface area contributed by atoms with Crippen LogP contribution >= 0.6 is 11.7 Å². The van der Waals surface area contributed by atoms with E-state index in [9.17, 15) is 4.79 Å². The van der Waals surface area contributed by atoms with E-state index in [0.29, 0.717) is 37.8 Å². The van der Waals surface area contributed by atoms with Crippen molar-refractivity contribution in [1.29, 1.82) is 0 Å². The molecule has 0 spiro atoms. The van der Waals surface area contributed by atoms with Crippen molar-refractivity contribution in [3.05, 3.63) is 24.4 Å². The Hall–Kier alpha value is -2.42. The third kappa shape index (κ3) is 3.02. The molecule has 8 nitrogen and oxygen atoms in total. The van der Waals surface area contributed by atoms with E-state index in [4.69, 9.17) is 5.11 Å². The van der Waals surface area contributed by atoms with E-state index in [0.717, 1.165) is 17.5 Å². The summed E-state index contributed by atoms with van der Waals surface area (Å²) in [6.45, 7) is 2.15. The highest BCUT2D eigenvalue weighted by Crippen LogP contribution is 2.26. The van der Waals surface area contributed by atoms with E-state index in [1.54, 1.807) is 6.20 Å². The van der Waals surface area contributed by atoms with E-state index in [1.807, 2.05) is 23.1 Å². The number of hydrogen-bond acceptors (Lipinski definition) is 7. The Kier molecular flexibility index (Phi) is 3.82. The highest BCUT2D eigenvalue weighted by molar-refractivity contribution is 6.99. The molecule has 9 heteroatoms. The minimum atomic E-state index is -0.877. The molecule has 2 aromatic rings. The fourth-order valence-electron chi connectivity index (χ4n) is 2.14. The SMILES string of the molecule is O=C(O)N1CCN(c2nsnc2Nc2ccccn2)CC1. The molecule has 1 fully saturated rings. The van der Waals surface area contributed by atoms with Crippen LogP contribution < -0.4 is 10.2 Å². The highest BCUT2D eigenvalue weighted by Gasteiger charge is 2.24. The van der Waals surface area contributed by atoms with Gasteiger partial charge < -0.3 is 20.2 Å². The minimum absolute atomic E-state index is 0.468. The number of carbonyl (C=O) groups is 1. The summed E-state index contributed by atoms with van der Waals surface area (Å²) in [6, 6.07) is 5.59. The summed E-state index contributed by atoms with van der Waals surface area (Å²) in [4.78, 5) is 18.6. The third-order valence-electron chi connectivity index (χ3n) is 3.23. The first-order valence-electron chi connectivity index (χ1n) is 6.47. The first-order chi connectivity index (χ1) is 10.2. The fraction of sp³-hybridized carbons (Fsp3) is 0.333. The lowest BCUT2D eigenvalue weighted by Gasteiger charge is -2.33. The van der Waals surface area contributed by atoms with Crippen LogP contribution in [0.5, 0.6) is 0 Å². The zero-order valence-corrected chi connectivity index (χ0v) is 12.0. The molecule has 2 N–H and O–H groups in total. The van der Waals surface area contributed by atoms with Gasteiger partial charge in [-0.15, -0.1) is 0 Å². The lowest BCUT2D eigenvalue weighted by molar-refractivity contribution is 0.142. The molecule has 3 heterocycles. The topological polar surface area (TPSA) is 94.5 Å². The van der Waals surface area contributed by atoms with Gasteiger partial charge in [0.2, 0.25) is 0 Å². The molecule has 1 amide bonds. The van der Waals surface area contributed by atoms with Gasteiger partial charge in [-0.25, -0.2) is 9.78 Å². The van der Waals surface area contributed by atoms with Crippen molar-refractivity contribution in [2.75, 3.05) is 36.4 Å². The predicted molar refractivity (Wildman–Crippen MR) is 79.2 cm³/mol. The second-order valence-corrected chi connectivity index (χ2v) is 5.06. The molecule has 0 atom stereocenters. The Morgan fingerprint density at radius 2 is 2.05 bits per heavy atom. The number of piperazine rings is 1. The Bertz CT molecular complexity index is 611. The number of aromatic nitrogens is 3. The van der Waals surface area contributed by atoms with Crippen LogP contribution in [0.3, 0.4) is 0 Å². The van der Waals surface area contributed by atoms with Gasteiger partial charge in [-0.05, 0) is 12.1 Å². The van der Waals surface area contributed by atoms with Crippen LogP contribution in [0, 0.1) is 0 Å².